The van der Waals surface area contributed by atoms with Crippen molar-refractivity contribution in [3.8, 4) is 0 Å². The van der Waals surface area contributed by atoms with E-state index >= 15 is 0 Å². The predicted octanol–water partition coefficient (Wildman–Crippen LogP) is 5.21. The summed E-state index contributed by atoms with van der Waals surface area (Å²) in [6, 6.07) is 0. The summed E-state index contributed by atoms with van der Waals surface area (Å²) >= 11 is 0. The molecule has 0 saturated heterocycles. The van der Waals surface area contributed by atoms with E-state index < -0.39 is 0 Å². The minimum absolute atomic E-state index is 0.0361. The van der Waals surface area contributed by atoms with Crippen molar-refractivity contribution in [1.29, 1.82) is 0 Å². The first-order valence-electron chi connectivity index (χ1n) is 11.5. The van der Waals surface area contributed by atoms with Crippen molar-refractivity contribution >= 4 is 10.9 Å². The van der Waals surface area contributed by atoms with Crippen LogP contribution in [0.1, 0.15) is 104 Å². The normalized spacial score (nSPS) is 41.0. The quantitative estimate of drug-likeness (QED) is 0.640. The maximum absolute atomic E-state index is 9.99. The van der Waals surface area contributed by atoms with Crippen molar-refractivity contribution in [2.45, 2.75) is 132 Å². The maximum atomic E-state index is 9.99. The minimum Gasteiger partial charge on any atom is -0.393 e. The highest BCUT2D eigenvalue weighted by Gasteiger charge is 2.48. The summed E-state index contributed by atoms with van der Waals surface area (Å²) in [6.45, 7) is 7.31. The molecule has 3 saturated carbocycles. The number of rotatable bonds is 5. The zero-order valence-corrected chi connectivity index (χ0v) is 18.3. The Bertz CT molecular complexity index is 392. The molecular weight excluding hydrogens is 340 g/mol. The smallest absolute Gasteiger partial charge is 0.119 e. The van der Waals surface area contributed by atoms with E-state index in [-0.39, 0.29) is 12.2 Å². The fraction of sp³-hybridized carbons (Fsp3) is 1.00. The Morgan fingerprint density at radius 3 is 1.35 bits per heavy atom. The van der Waals surface area contributed by atoms with Gasteiger partial charge in [0.25, 0.3) is 0 Å². The van der Waals surface area contributed by atoms with Crippen LogP contribution in [0.4, 0.5) is 0 Å². The first-order valence-corrected chi connectivity index (χ1v) is 12.9. The van der Waals surface area contributed by atoms with Gasteiger partial charge in [0.15, 0.2) is 0 Å². The molecule has 3 fully saturated rings. The minimum atomic E-state index is -0.0361. The van der Waals surface area contributed by atoms with Crippen molar-refractivity contribution in [3.63, 3.8) is 0 Å². The van der Waals surface area contributed by atoms with Crippen LogP contribution in [0.25, 0.3) is 0 Å². The summed E-state index contributed by atoms with van der Waals surface area (Å²) in [5, 5.41) is 22.6. The molecule has 26 heavy (non-hydrogen) atoms. The first-order chi connectivity index (χ1) is 12.4. The van der Waals surface area contributed by atoms with Gasteiger partial charge in [-0.15, -0.1) is 0 Å². The van der Waals surface area contributed by atoms with E-state index in [1.54, 1.807) is 0 Å². The van der Waals surface area contributed by atoms with Crippen LogP contribution in [0.3, 0.4) is 0 Å². The molecule has 0 aromatic heterocycles. The van der Waals surface area contributed by atoms with Crippen LogP contribution in [0.5, 0.6) is 0 Å². The fourth-order valence-corrected chi connectivity index (χ4v) is 9.94. The molecule has 0 amide bonds. The second-order valence-electron chi connectivity index (χ2n) is 10.1. The van der Waals surface area contributed by atoms with Gasteiger partial charge < -0.3 is 10.2 Å². The predicted molar refractivity (Wildman–Crippen MR) is 114 cm³/mol. The molecule has 3 rings (SSSR count). The molecule has 2 N–H and O–H groups in total. The Balaban J connectivity index is 1.66. The maximum Gasteiger partial charge on any atom is 0.119 e. The molecule has 0 heterocycles. The van der Waals surface area contributed by atoms with E-state index in [2.05, 4.69) is 20.8 Å². The van der Waals surface area contributed by atoms with Crippen molar-refractivity contribution in [2.75, 3.05) is 0 Å². The van der Waals surface area contributed by atoms with Crippen molar-refractivity contribution in [2.24, 2.45) is 11.3 Å². The Morgan fingerprint density at radius 1 is 0.654 bits per heavy atom. The molecule has 0 unspecified atom stereocenters. The van der Waals surface area contributed by atoms with Gasteiger partial charge in [-0.3, -0.25) is 0 Å². The molecule has 0 radical (unpaired) electrons. The first kappa shape index (κ1) is 21.0. The van der Waals surface area contributed by atoms with Gasteiger partial charge in [0, 0.05) is 0 Å². The monoisotopic (exact) mass is 383 g/mol. The van der Waals surface area contributed by atoms with Gasteiger partial charge in [0.05, 0.1) is 12.2 Å². The van der Waals surface area contributed by atoms with Gasteiger partial charge in [-0.2, -0.15) is 0 Å². The third-order valence-electron chi connectivity index (χ3n) is 8.13. The lowest BCUT2D eigenvalue weighted by Gasteiger charge is -2.42. The Labute approximate surface area is 164 Å². The molecule has 2 nitrogen and oxygen atoms in total. The van der Waals surface area contributed by atoms with Gasteiger partial charge in [-0.05, 0) is 99.3 Å². The number of hydrogen-bond donors (Lipinski definition) is 2. The molecule has 3 aliphatic carbocycles. The van der Waals surface area contributed by atoms with Crippen molar-refractivity contribution in [3.05, 3.63) is 0 Å². The Kier molecular flexibility index (Phi) is 7.41. The molecule has 152 valence electrons. The fourth-order valence-electron chi connectivity index (χ4n) is 5.86. The lowest BCUT2D eigenvalue weighted by molar-refractivity contribution is 0.128. The lowest BCUT2D eigenvalue weighted by Crippen LogP contribution is -2.46. The van der Waals surface area contributed by atoms with Crippen LogP contribution in [0.15, 0.2) is 0 Å². The summed E-state index contributed by atoms with van der Waals surface area (Å²) in [5.74, 6) is 0.913. The average molecular weight is 384 g/mol. The van der Waals surface area contributed by atoms with E-state index in [9.17, 15) is 10.2 Å². The van der Waals surface area contributed by atoms with Gasteiger partial charge in [0.2, 0.25) is 0 Å². The average Bonchev–Trinajstić information content (AvgIpc) is 2.65. The van der Waals surface area contributed by atoms with E-state index in [0.717, 1.165) is 47.4 Å². The molecule has 0 bridgehead atoms. The van der Waals surface area contributed by atoms with Crippen molar-refractivity contribution in [1.82, 2.24) is 0 Å². The molecule has 0 aromatic carbocycles. The number of hydrogen-bond acceptors (Lipinski definition) is 2. The van der Waals surface area contributed by atoms with Gasteiger partial charge in [-0.25, -0.2) is 0 Å². The highest BCUT2D eigenvalue weighted by molar-refractivity contribution is 7.98. The van der Waals surface area contributed by atoms with Crippen LogP contribution in [0.2, 0.25) is 0 Å². The molecule has 0 aromatic rings. The molecule has 3 aliphatic rings. The third kappa shape index (κ3) is 5.00. The molecular formula is C23H43O2S+. The van der Waals surface area contributed by atoms with Crippen LogP contribution in [0, 0.1) is 11.3 Å². The van der Waals surface area contributed by atoms with Crippen molar-refractivity contribution < 1.29 is 10.2 Å². The molecule has 3 heteroatoms. The topological polar surface area (TPSA) is 40.5 Å². The van der Waals surface area contributed by atoms with E-state index in [1.165, 1.54) is 57.8 Å². The summed E-state index contributed by atoms with van der Waals surface area (Å²) in [7, 11) is 0.520. The summed E-state index contributed by atoms with van der Waals surface area (Å²) in [4.78, 5) is 0. The van der Waals surface area contributed by atoms with Gasteiger partial charge >= 0.3 is 0 Å². The van der Waals surface area contributed by atoms with Crippen LogP contribution in [-0.4, -0.2) is 38.2 Å². The molecule has 0 aliphatic heterocycles. The largest absolute Gasteiger partial charge is 0.393 e. The van der Waals surface area contributed by atoms with Gasteiger partial charge in [-0.1, -0.05) is 27.2 Å². The number of aliphatic hydroxyl groups is 2. The molecule has 0 atom stereocenters. The Morgan fingerprint density at radius 2 is 1.00 bits per heavy atom. The van der Waals surface area contributed by atoms with E-state index in [1.807, 2.05) is 0 Å². The highest BCUT2D eigenvalue weighted by atomic mass is 32.2. The second kappa shape index (κ2) is 9.18. The standard InChI is InChI=1S/C23H43O2S/c1-4-23(2,3)17-5-11-20(12-6-17)26(21-13-7-18(24)8-14-21)22-15-9-19(25)10-16-22/h17-22,24-25H,4-16H2,1-3H3/q+1. The summed E-state index contributed by atoms with van der Waals surface area (Å²) < 4.78 is 0. The van der Waals surface area contributed by atoms with Crippen LogP contribution < -0.4 is 0 Å². The zero-order valence-electron chi connectivity index (χ0n) is 17.5. The lowest BCUT2D eigenvalue weighted by atomic mass is 9.70. The number of aliphatic hydroxyl groups excluding tert-OH is 2. The van der Waals surface area contributed by atoms with Crippen LogP contribution in [-0.2, 0) is 10.9 Å². The third-order valence-corrected chi connectivity index (χ3v) is 11.9. The molecule has 0 spiro atoms. The highest BCUT2D eigenvalue weighted by Crippen LogP contribution is 2.46. The Hall–Kier alpha value is 0.270. The van der Waals surface area contributed by atoms with E-state index in [0.29, 0.717) is 16.3 Å². The SMILES string of the molecule is CCC(C)(C)C1CCC([S+](C2CCC(O)CC2)C2CCC(O)CC2)CC1. The van der Waals surface area contributed by atoms with Gasteiger partial charge in [0.1, 0.15) is 15.7 Å². The second-order valence-corrected chi connectivity index (χ2v) is 12.9. The zero-order chi connectivity index (χ0) is 18.7. The summed E-state index contributed by atoms with van der Waals surface area (Å²) in [6.07, 6.45) is 16.1. The van der Waals surface area contributed by atoms with E-state index in [4.69, 9.17) is 0 Å². The summed E-state index contributed by atoms with van der Waals surface area (Å²) in [5.41, 5.74) is 0.507. The van der Waals surface area contributed by atoms with Crippen LogP contribution >= 0.6 is 0 Å².